The first-order chi connectivity index (χ1) is 6.15. The van der Waals surface area contributed by atoms with Gasteiger partial charge in [0.2, 0.25) is 5.96 Å². The molecule has 0 amide bonds. The molecule has 4 N–H and O–H groups in total. The predicted molar refractivity (Wildman–Crippen MR) is 55.1 cm³/mol. The lowest BCUT2D eigenvalue weighted by Gasteiger charge is -2.03. The maximum absolute atomic E-state index is 8.46. The van der Waals surface area contributed by atoms with Gasteiger partial charge >= 0.3 is 0 Å². The second kappa shape index (κ2) is 4.25. The number of halogens is 1. The van der Waals surface area contributed by atoms with Crippen LogP contribution in [0.4, 0.5) is 5.69 Å². The number of aliphatic imine (C=N–C) groups is 1. The van der Waals surface area contributed by atoms with Gasteiger partial charge in [0.15, 0.2) is 0 Å². The fraction of sp³-hybridized carbons (Fsp3) is 0.125. The van der Waals surface area contributed by atoms with Crippen molar-refractivity contribution in [2.45, 2.75) is 6.92 Å². The number of nitrogens with two attached hydrogens (primary N) is 1. The molecule has 0 saturated heterocycles. The molecule has 1 aromatic carbocycles. The topological polar surface area (TPSA) is 70.6 Å². The number of hydrogen-bond donors (Lipinski definition) is 3. The lowest BCUT2D eigenvalue weighted by molar-refractivity contribution is 0.233. The fourth-order valence-corrected chi connectivity index (χ4v) is 1.46. The highest BCUT2D eigenvalue weighted by Gasteiger charge is 2.01. The quantitative estimate of drug-likeness (QED) is 0.400. The lowest BCUT2D eigenvalue weighted by atomic mass is 10.2. The van der Waals surface area contributed by atoms with Gasteiger partial charge in [-0.15, -0.1) is 0 Å². The third kappa shape index (κ3) is 2.43. The van der Waals surface area contributed by atoms with E-state index in [0.29, 0.717) is 5.69 Å². The van der Waals surface area contributed by atoms with Crippen LogP contribution in [0.2, 0.25) is 0 Å². The first kappa shape index (κ1) is 10.0. The Labute approximate surface area is 84.6 Å². The fourth-order valence-electron chi connectivity index (χ4n) is 0.910. The van der Waals surface area contributed by atoms with Gasteiger partial charge in [0, 0.05) is 4.47 Å². The summed E-state index contributed by atoms with van der Waals surface area (Å²) in [5.41, 5.74) is 8.77. The average molecular weight is 244 g/mol. The molecule has 0 aliphatic carbocycles. The van der Waals surface area contributed by atoms with Gasteiger partial charge < -0.3 is 5.73 Å². The summed E-state index contributed by atoms with van der Waals surface area (Å²) in [6, 6.07) is 5.67. The highest BCUT2D eigenvalue weighted by molar-refractivity contribution is 9.10. The van der Waals surface area contributed by atoms with Crippen molar-refractivity contribution in [3.8, 4) is 0 Å². The maximum Gasteiger partial charge on any atom is 0.218 e. The molecule has 0 aromatic heterocycles. The summed E-state index contributed by atoms with van der Waals surface area (Å²) in [4.78, 5) is 3.96. The summed E-state index contributed by atoms with van der Waals surface area (Å²) in [7, 11) is 0. The van der Waals surface area contributed by atoms with Crippen LogP contribution < -0.4 is 11.2 Å². The van der Waals surface area contributed by atoms with E-state index in [1.807, 2.05) is 25.1 Å². The van der Waals surface area contributed by atoms with Gasteiger partial charge in [-0.1, -0.05) is 12.1 Å². The second-order valence-electron chi connectivity index (χ2n) is 2.51. The Kier molecular flexibility index (Phi) is 3.27. The van der Waals surface area contributed by atoms with E-state index in [2.05, 4.69) is 20.9 Å². The monoisotopic (exact) mass is 243 g/mol. The molecule has 1 rings (SSSR count). The van der Waals surface area contributed by atoms with Gasteiger partial charge in [-0.05, 0) is 34.5 Å². The Morgan fingerprint density at radius 1 is 1.62 bits per heavy atom. The zero-order chi connectivity index (χ0) is 9.84. The highest BCUT2D eigenvalue weighted by Crippen LogP contribution is 2.28. The number of benzene rings is 1. The molecule has 5 heteroatoms. The molecule has 0 radical (unpaired) electrons. The Morgan fingerprint density at radius 2 is 2.31 bits per heavy atom. The molecule has 0 atom stereocenters. The minimum atomic E-state index is -0.0324. The van der Waals surface area contributed by atoms with E-state index in [4.69, 9.17) is 10.9 Å². The predicted octanol–water partition coefficient (Wildman–Crippen LogP) is 1.68. The van der Waals surface area contributed by atoms with Crippen LogP contribution in [0.15, 0.2) is 27.7 Å². The van der Waals surface area contributed by atoms with Gasteiger partial charge in [0.25, 0.3) is 0 Å². The number of rotatable bonds is 1. The van der Waals surface area contributed by atoms with E-state index in [1.54, 1.807) is 5.48 Å². The zero-order valence-electron chi connectivity index (χ0n) is 7.08. The molecule has 4 nitrogen and oxygen atoms in total. The van der Waals surface area contributed by atoms with Crippen LogP contribution in [0, 0.1) is 6.92 Å². The molecule has 0 spiro atoms. The van der Waals surface area contributed by atoms with Crippen molar-refractivity contribution >= 4 is 27.6 Å². The van der Waals surface area contributed by atoms with Gasteiger partial charge in [0.05, 0.1) is 5.69 Å². The van der Waals surface area contributed by atoms with Crippen molar-refractivity contribution in [3.05, 3.63) is 28.2 Å². The molecule has 0 saturated carbocycles. The first-order valence-electron chi connectivity index (χ1n) is 3.64. The zero-order valence-corrected chi connectivity index (χ0v) is 8.67. The van der Waals surface area contributed by atoms with E-state index in [9.17, 15) is 0 Å². The second-order valence-corrected chi connectivity index (χ2v) is 3.37. The summed E-state index contributed by atoms with van der Waals surface area (Å²) in [6.07, 6.45) is 0. The third-order valence-corrected chi connectivity index (χ3v) is 2.18. The average Bonchev–Trinajstić information content (AvgIpc) is 2.11. The first-order valence-corrected chi connectivity index (χ1v) is 4.44. The summed E-state index contributed by atoms with van der Waals surface area (Å²) in [5, 5.41) is 8.46. The van der Waals surface area contributed by atoms with E-state index in [0.717, 1.165) is 10.0 Å². The lowest BCUT2D eigenvalue weighted by Crippen LogP contribution is -2.27. The number of nitrogens with one attached hydrogen (secondary N) is 1. The molecular weight excluding hydrogens is 234 g/mol. The number of aryl methyl sites for hydroxylation is 1. The number of para-hydroxylation sites is 1. The number of nitrogens with zero attached hydrogens (tertiary/aromatic N) is 1. The molecule has 0 aliphatic heterocycles. The van der Waals surface area contributed by atoms with Crippen molar-refractivity contribution in [2.75, 3.05) is 0 Å². The van der Waals surface area contributed by atoms with E-state index in [1.165, 1.54) is 0 Å². The van der Waals surface area contributed by atoms with Crippen LogP contribution in [-0.4, -0.2) is 11.2 Å². The Balaban J connectivity index is 3.14. The Morgan fingerprint density at radius 3 is 2.85 bits per heavy atom. The molecule has 0 aliphatic rings. The smallest absolute Gasteiger partial charge is 0.218 e. The summed E-state index contributed by atoms with van der Waals surface area (Å²) in [6.45, 7) is 1.91. The largest absolute Gasteiger partial charge is 0.368 e. The van der Waals surface area contributed by atoms with Crippen molar-refractivity contribution in [1.29, 1.82) is 0 Å². The number of hydroxylamine groups is 1. The molecule has 13 heavy (non-hydrogen) atoms. The Hall–Kier alpha value is -1.07. The van der Waals surface area contributed by atoms with Gasteiger partial charge in [-0.3, -0.25) is 5.21 Å². The van der Waals surface area contributed by atoms with Crippen LogP contribution >= 0.6 is 15.9 Å². The minimum absolute atomic E-state index is 0.0324. The van der Waals surface area contributed by atoms with Crippen LogP contribution in [0.3, 0.4) is 0 Å². The van der Waals surface area contributed by atoms with Crippen molar-refractivity contribution in [3.63, 3.8) is 0 Å². The van der Waals surface area contributed by atoms with Gasteiger partial charge in [-0.25, -0.2) is 10.5 Å². The summed E-state index contributed by atoms with van der Waals surface area (Å²) >= 11 is 3.33. The van der Waals surface area contributed by atoms with Crippen molar-refractivity contribution in [1.82, 2.24) is 5.48 Å². The molecule has 70 valence electrons. The van der Waals surface area contributed by atoms with Crippen LogP contribution in [0.1, 0.15) is 5.56 Å². The molecule has 1 aromatic rings. The SMILES string of the molecule is Cc1cccc(Br)c1N=C(N)NO. The van der Waals surface area contributed by atoms with E-state index >= 15 is 0 Å². The number of guanidine groups is 1. The standard InChI is InChI=1S/C8H10BrN3O/c1-5-3-2-4-6(9)7(5)11-8(10)12-13/h2-4,13H,1H3,(H3,10,11,12). The van der Waals surface area contributed by atoms with Gasteiger partial charge in [-0.2, -0.15) is 0 Å². The van der Waals surface area contributed by atoms with Crippen molar-refractivity contribution < 1.29 is 5.21 Å². The molecule has 0 unspecified atom stereocenters. The highest BCUT2D eigenvalue weighted by atomic mass is 79.9. The van der Waals surface area contributed by atoms with Crippen LogP contribution in [0.25, 0.3) is 0 Å². The normalized spacial score (nSPS) is 11.5. The number of hydrogen-bond acceptors (Lipinski definition) is 2. The molecule has 0 heterocycles. The van der Waals surface area contributed by atoms with E-state index in [-0.39, 0.29) is 5.96 Å². The third-order valence-electron chi connectivity index (χ3n) is 1.54. The maximum atomic E-state index is 8.46. The summed E-state index contributed by atoms with van der Waals surface area (Å²) < 4.78 is 0.839. The van der Waals surface area contributed by atoms with E-state index < -0.39 is 0 Å². The molecule has 0 fully saturated rings. The Bertz CT molecular complexity index is 318. The molecule has 0 bridgehead atoms. The minimum Gasteiger partial charge on any atom is -0.368 e. The summed E-state index contributed by atoms with van der Waals surface area (Å²) in [5.74, 6) is -0.0324. The van der Waals surface area contributed by atoms with Crippen LogP contribution in [-0.2, 0) is 0 Å². The van der Waals surface area contributed by atoms with Crippen LogP contribution in [0.5, 0.6) is 0 Å². The van der Waals surface area contributed by atoms with Gasteiger partial charge in [0.1, 0.15) is 0 Å². The van der Waals surface area contributed by atoms with Crippen molar-refractivity contribution in [2.24, 2.45) is 10.7 Å². The molecular formula is C8H10BrN3O.